The molecule has 0 unspecified atom stereocenters. The molecule has 1 aliphatic heterocycles. The SMILES string of the molecule is O=C(CN1C(=O)[C@@H]2[C@@H]3C=C[C@@H]([C@@H]4C[C@H]34)[C@@H]2C1=O)Nc1ccc(Br)cc1Cl. The maximum atomic E-state index is 12.9. The summed E-state index contributed by atoms with van der Waals surface area (Å²) in [6, 6.07) is 5.11. The van der Waals surface area contributed by atoms with Crippen molar-refractivity contribution in [3.8, 4) is 0 Å². The van der Waals surface area contributed by atoms with Crippen molar-refractivity contribution < 1.29 is 14.4 Å². The molecule has 3 amide bonds. The Kier molecular flexibility index (Phi) is 3.60. The van der Waals surface area contributed by atoms with Gasteiger partial charge in [-0.15, -0.1) is 0 Å². The molecule has 6 atom stereocenters. The molecular formula is C19H16BrClN2O3. The van der Waals surface area contributed by atoms with Gasteiger partial charge in [0, 0.05) is 4.47 Å². The quantitative estimate of drug-likeness (QED) is 0.586. The van der Waals surface area contributed by atoms with Crippen LogP contribution in [0.2, 0.25) is 5.02 Å². The molecule has 1 saturated heterocycles. The number of hydrogen-bond donors (Lipinski definition) is 1. The van der Waals surface area contributed by atoms with Crippen LogP contribution >= 0.6 is 27.5 Å². The van der Waals surface area contributed by atoms with Crippen molar-refractivity contribution >= 4 is 50.9 Å². The standard InChI is InChI=1S/C19H16BrClN2O3/c20-8-1-4-14(13(21)5-8)22-15(24)7-23-18(25)16-9-2-3-10(12-6-11(9)12)17(16)19(23)26/h1-5,9-12,16-17H,6-7H2,(H,22,24)/t9-,10+,11-,12+,16-,17+. The summed E-state index contributed by atoms with van der Waals surface area (Å²) in [4.78, 5) is 39.3. The van der Waals surface area contributed by atoms with Gasteiger partial charge in [0.2, 0.25) is 17.7 Å². The summed E-state index contributed by atoms with van der Waals surface area (Å²) in [5.41, 5.74) is 0.458. The number of nitrogens with one attached hydrogen (secondary N) is 1. The van der Waals surface area contributed by atoms with E-state index in [0.717, 1.165) is 15.8 Å². The minimum Gasteiger partial charge on any atom is -0.323 e. The van der Waals surface area contributed by atoms with E-state index in [1.165, 1.54) is 0 Å². The minimum absolute atomic E-state index is 0.167. The number of rotatable bonds is 3. The van der Waals surface area contributed by atoms with Gasteiger partial charge in [0.05, 0.1) is 22.5 Å². The number of halogens is 2. The third-order valence-electron chi connectivity index (χ3n) is 6.26. The number of allylic oxidation sites excluding steroid dienone is 2. The maximum Gasteiger partial charge on any atom is 0.244 e. The average Bonchev–Trinajstić information content (AvgIpc) is 3.39. The van der Waals surface area contributed by atoms with E-state index in [2.05, 4.69) is 33.4 Å². The lowest BCUT2D eigenvalue weighted by atomic mass is 9.63. The smallest absolute Gasteiger partial charge is 0.244 e. The van der Waals surface area contributed by atoms with Crippen molar-refractivity contribution in [2.75, 3.05) is 11.9 Å². The summed E-state index contributed by atoms with van der Waals surface area (Å²) < 4.78 is 0.802. The number of imide groups is 1. The van der Waals surface area contributed by atoms with Crippen LogP contribution in [0.25, 0.3) is 0 Å². The highest BCUT2D eigenvalue weighted by molar-refractivity contribution is 9.10. The van der Waals surface area contributed by atoms with Crippen LogP contribution in [0.3, 0.4) is 0 Å². The van der Waals surface area contributed by atoms with Gasteiger partial charge in [-0.1, -0.05) is 39.7 Å². The molecule has 1 heterocycles. The molecule has 2 saturated carbocycles. The van der Waals surface area contributed by atoms with E-state index >= 15 is 0 Å². The highest BCUT2D eigenvalue weighted by Gasteiger charge is 2.67. The van der Waals surface area contributed by atoms with Gasteiger partial charge in [0.15, 0.2) is 0 Å². The molecule has 1 N–H and O–H groups in total. The van der Waals surface area contributed by atoms with Crippen LogP contribution in [-0.4, -0.2) is 29.2 Å². The number of anilines is 1. The zero-order valence-corrected chi connectivity index (χ0v) is 16.0. The number of likely N-dealkylation sites (tertiary alicyclic amines) is 1. The Morgan fingerprint density at radius 1 is 1.15 bits per heavy atom. The summed E-state index contributed by atoms with van der Waals surface area (Å²) in [6.07, 6.45) is 5.37. The third-order valence-corrected chi connectivity index (χ3v) is 7.07. The lowest BCUT2D eigenvalue weighted by molar-refractivity contribution is -0.142. The first-order valence-electron chi connectivity index (χ1n) is 8.74. The Balaban J connectivity index is 1.33. The second-order valence-corrected chi connectivity index (χ2v) is 8.91. The molecule has 0 radical (unpaired) electrons. The second-order valence-electron chi connectivity index (χ2n) is 7.59. The van der Waals surface area contributed by atoms with Crippen molar-refractivity contribution in [2.24, 2.45) is 35.5 Å². The molecule has 5 aliphatic rings. The van der Waals surface area contributed by atoms with Crippen LogP contribution in [0, 0.1) is 35.5 Å². The molecule has 3 fully saturated rings. The Hall–Kier alpha value is -1.66. The fourth-order valence-electron chi connectivity index (χ4n) is 5.10. The molecular weight excluding hydrogens is 420 g/mol. The van der Waals surface area contributed by atoms with Crippen LogP contribution in [0.1, 0.15) is 6.42 Å². The Labute approximate surface area is 163 Å². The summed E-state index contributed by atoms with van der Waals surface area (Å²) >= 11 is 9.42. The fraction of sp³-hybridized carbons (Fsp3) is 0.421. The van der Waals surface area contributed by atoms with Crippen LogP contribution < -0.4 is 5.32 Å². The molecule has 0 spiro atoms. The summed E-state index contributed by atoms with van der Waals surface area (Å²) in [5, 5.41) is 3.08. The number of nitrogens with zero attached hydrogens (tertiary/aromatic N) is 1. The van der Waals surface area contributed by atoms with Crippen LogP contribution in [-0.2, 0) is 14.4 Å². The van der Waals surface area contributed by atoms with Gasteiger partial charge in [-0.3, -0.25) is 19.3 Å². The third kappa shape index (κ3) is 2.31. The lowest BCUT2D eigenvalue weighted by Gasteiger charge is -2.37. The topological polar surface area (TPSA) is 66.5 Å². The highest BCUT2D eigenvalue weighted by atomic mass is 79.9. The molecule has 0 aromatic heterocycles. The van der Waals surface area contributed by atoms with Crippen molar-refractivity contribution in [3.63, 3.8) is 0 Å². The zero-order chi connectivity index (χ0) is 18.2. The molecule has 1 aromatic rings. The fourth-order valence-corrected chi connectivity index (χ4v) is 5.82. The minimum atomic E-state index is -0.417. The van der Waals surface area contributed by atoms with Crippen molar-refractivity contribution in [1.82, 2.24) is 4.90 Å². The van der Waals surface area contributed by atoms with Gasteiger partial charge in [0.1, 0.15) is 6.54 Å². The predicted molar refractivity (Wildman–Crippen MR) is 99.2 cm³/mol. The Bertz CT molecular complexity index is 850. The molecule has 6 rings (SSSR count). The van der Waals surface area contributed by atoms with Crippen LogP contribution in [0.5, 0.6) is 0 Å². The van der Waals surface area contributed by atoms with Gasteiger partial charge in [-0.25, -0.2) is 0 Å². The summed E-state index contributed by atoms with van der Waals surface area (Å²) in [7, 11) is 0. The van der Waals surface area contributed by atoms with E-state index in [9.17, 15) is 14.4 Å². The van der Waals surface area contributed by atoms with E-state index < -0.39 is 5.91 Å². The lowest BCUT2D eigenvalue weighted by Crippen LogP contribution is -2.40. The number of benzene rings is 1. The molecule has 26 heavy (non-hydrogen) atoms. The van der Waals surface area contributed by atoms with Crippen molar-refractivity contribution in [1.29, 1.82) is 0 Å². The zero-order valence-electron chi connectivity index (χ0n) is 13.7. The Morgan fingerprint density at radius 2 is 1.77 bits per heavy atom. The van der Waals surface area contributed by atoms with E-state index in [1.54, 1.807) is 18.2 Å². The predicted octanol–water partition coefficient (Wildman–Crippen LogP) is 3.09. The maximum absolute atomic E-state index is 12.9. The van der Waals surface area contributed by atoms with E-state index in [1.807, 2.05) is 0 Å². The van der Waals surface area contributed by atoms with E-state index in [4.69, 9.17) is 11.6 Å². The summed E-state index contributed by atoms with van der Waals surface area (Å²) in [6.45, 7) is -0.258. The van der Waals surface area contributed by atoms with Gasteiger partial charge in [-0.2, -0.15) is 0 Å². The first-order chi connectivity index (χ1) is 12.5. The molecule has 5 nitrogen and oxygen atoms in total. The van der Waals surface area contributed by atoms with E-state index in [-0.39, 0.29) is 42.0 Å². The number of carbonyl (C=O) groups excluding carboxylic acids is 3. The number of amides is 3. The van der Waals surface area contributed by atoms with Crippen molar-refractivity contribution in [3.05, 3.63) is 39.8 Å². The van der Waals surface area contributed by atoms with Crippen molar-refractivity contribution in [2.45, 2.75) is 6.42 Å². The normalized spacial score (nSPS) is 36.2. The largest absolute Gasteiger partial charge is 0.323 e. The molecule has 2 bridgehead atoms. The molecule has 7 heteroatoms. The summed E-state index contributed by atoms with van der Waals surface area (Å²) in [5.74, 6) is 0.0942. The van der Waals surface area contributed by atoms with Gasteiger partial charge in [-0.05, 0) is 48.3 Å². The highest BCUT2D eigenvalue weighted by Crippen LogP contribution is 2.65. The molecule has 4 aliphatic carbocycles. The van der Waals surface area contributed by atoms with Crippen LogP contribution in [0.15, 0.2) is 34.8 Å². The second kappa shape index (κ2) is 5.67. The Morgan fingerprint density at radius 3 is 2.35 bits per heavy atom. The average molecular weight is 436 g/mol. The molecule has 134 valence electrons. The first kappa shape index (κ1) is 16.5. The van der Waals surface area contributed by atoms with Gasteiger partial charge in [0.25, 0.3) is 0 Å². The number of carbonyl (C=O) groups is 3. The first-order valence-corrected chi connectivity index (χ1v) is 9.91. The van der Waals surface area contributed by atoms with Crippen LogP contribution in [0.4, 0.5) is 5.69 Å². The molecule has 1 aromatic carbocycles. The van der Waals surface area contributed by atoms with Gasteiger partial charge < -0.3 is 5.32 Å². The number of hydrogen-bond acceptors (Lipinski definition) is 3. The van der Waals surface area contributed by atoms with E-state index in [0.29, 0.717) is 22.5 Å². The van der Waals surface area contributed by atoms with Gasteiger partial charge >= 0.3 is 0 Å². The monoisotopic (exact) mass is 434 g/mol.